The minimum Gasteiger partial charge on any atom is -0.497 e. The first-order chi connectivity index (χ1) is 12.1. The van der Waals surface area contributed by atoms with Gasteiger partial charge in [0.1, 0.15) is 11.5 Å². The van der Waals surface area contributed by atoms with E-state index in [2.05, 4.69) is 15.6 Å². The van der Waals surface area contributed by atoms with Crippen LogP contribution in [0.5, 0.6) is 11.5 Å². The zero-order valence-corrected chi connectivity index (χ0v) is 15.5. The van der Waals surface area contributed by atoms with E-state index < -0.39 is 0 Å². The number of nitrogens with one attached hydrogen (secondary N) is 2. The molecule has 0 saturated heterocycles. The first kappa shape index (κ1) is 17.7. The summed E-state index contributed by atoms with van der Waals surface area (Å²) in [6.07, 6.45) is 3.23. The average molecular weight is 361 g/mol. The number of hydrogen-bond acceptors (Lipinski definition) is 6. The van der Waals surface area contributed by atoms with Gasteiger partial charge in [0.2, 0.25) is 5.91 Å². The molecule has 0 aliphatic heterocycles. The highest BCUT2D eigenvalue weighted by Crippen LogP contribution is 2.33. The second kappa shape index (κ2) is 7.84. The number of aromatic nitrogens is 1. The molecular weight excluding hydrogens is 338 g/mol. The zero-order valence-electron chi connectivity index (χ0n) is 14.7. The highest BCUT2D eigenvalue weighted by Gasteiger charge is 2.24. The molecular formula is C18H23N3O3S. The van der Waals surface area contributed by atoms with Gasteiger partial charge in [0.15, 0.2) is 0 Å². The van der Waals surface area contributed by atoms with Crippen LogP contribution in [-0.2, 0) is 11.2 Å². The number of anilines is 1. The van der Waals surface area contributed by atoms with Crippen LogP contribution in [-0.4, -0.2) is 31.7 Å². The number of ether oxygens (including phenoxy) is 2. The molecule has 1 aliphatic carbocycles. The molecule has 25 heavy (non-hydrogen) atoms. The number of fused-ring (bicyclic) bond motifs is 1. The van der Waals surface area contributed by atoms with E-state index in [0.29, 0.717) is 17.2 Å². The quantitative estimate of drug-likeness (QED) is 0.827. The number of thiazole rings is 1. The van der Waals surface area contributed by atoms with Crippen molar-refractivity contribution in [3.63, 3.8) is 0 Å². The Hall–Kier alpha value is -2.12. The van der Waals surface area contributed by atoms with Crippen LogP contribution in [0.1, 0.15) is 34.5 Å². The Labute approximate surface area is 151 Å². The van der Waals surface area contributed by atoms with Gasteiger partial charge < -0.3 is 20.1 Å². The molecule has 6 nitrogen and oxygen atoms in total. The molecule has 2 N–H and O–H groups in total. The fourth-order valence-electron chi connectivity index (χ4n) is 3.04. The number of carbonyl (C=O) groups excluding carboxylic acids is 1. The monoisotopic (exact) mass is 361 g/mol. The number of benzene rings is 1. The molecule has 1 aromatic heterocycles. The lowest BCUT2D eigenvalue weighted by Crippen LogP contribution is -2.33. The Morgan fingerprint density at radius 2 is 2.00 bits per heavy atom. The predicted molar refractivity (Wildman–Crippen MR) is 98.7 cm³/mol. The molecule has 7 heteroatoms. The summed E-state index contributed by atoms with van der Waals surface area (Å²) in [7, 11) is 3.16. The molecule has 1 amide bonds. The van der Waals surface area contributed by atoms with Crippen LogP contribution in [0.2, 0.25) is 0 Å². The van der Waals surface area contributed by atoms with Gasteiger partial charge in [-0.05, 0) is 26.2 Å². The van der Waals surface area contributed by atoms with Crippen molar-refractivity contribution in [1.82, 2.24) is 10.3 Å². The Kier molecular flexibility index (Phi) is 5.55. The smallest absolute Gasteiger partial charge is 0.238 e. The first-order valence-electron chi connectivity index (χ1n) is 8.31. The van der Waals surface area contributed by atoms with Crippen molar-refractivity contribution >= 4 is 22.9 Å². The van der Waals surface area contributed by atoms with Crippen LogP contribution in [0.4, 0.5) is 5.69 Å². The van der Waals surface area contributed by atoms with Crippen LogP contribution >= 0.6 is 11.3 Å². The second-order valence-corrected chi connectivity index (χ2v) is 7.30. The van der Waals surface area contributed by atoms with E-state index in [1.54, 1.807) is 43.8 Å². The number of methoxy groups -OCH3 is 2. The number of hydrogen-bond donors (Lipinski definition) is 2. The van der Waals surface area contributed by atoms with Crippen molar-refractivity contribution in [3.8, 4) is 11.5 Å². The van der Waals surface area contributed by atoms with Crippen molar-refractivity contribution < 1.29 is 14.3 Å². The van der Waals surface area contributed by atoms with Gasteiger partial charge in [-0.2, -0.15) is 0 Å². The maximum absolute atomic E-state index is 12.3. The minimum absolute atomic E-state index is 0.102. The van der Waals surface area contributed by atoms with Crippen molar-refractivity contribution in [2.45, 2.75) is 32.2 Å². The largest absolute Gasteiger partial charge is 0.497 e. The molecule has 1 atom stereocenters. The summed E-state index contributed by atoms with van der Waals surface area (Å²) in [6, 6.07) is 5.45. The molecule has 1 aliphatic rings. The second-order valence-electron chi connectivity index (χ2n) is 6.02. The molecule has 2 aromatic rings. The number of rotatable bonds is 6. The summed E-state index contributed by atoms with van der Waals surface area (Å²) in [5.41, 5.74) is 1.77. The van der Waals surface area contributed by atoms with Crippen LogP contribution in [0.3, 0.4) is 0 Å². The summed E-state index contributed by atoms with van der Waals surface area (Å²) in [4.78, 5) is 18.3. The normalized spacial score (nSPS) is 16.2. The van der Waals surface area contributed by atoms with Crippen molar-refractivity contribution in [2.24, 2.45) is 0 Å². The highest BCUT2D eigenvalue weighted by molar-refractivity contribution is 7.11. The average Bonchev–Trinajstić information content (AvgIpc) is 3.00. The van der Waals surface area contributed by atoms with Crippen LogP contribution in [0.25, 0.3) is 0 Å². The van der Waals surface area contributed by atoms with Crippen LogP contribution < -0.4 is 20.1 Å². The Morgan fingerprint density at radius 1 is 1.28 bits per heavy atom. The highest BCUT2D eigenvalue weighted by atomic mass is 32.1. The number of amides is 1. The molecule has 1 heterocycles. The molecule has 0 bridgehead atoms. The van der Waals surface area contributed by atoms with Crippen molar-refractivity contribution in [2.75, 3.05) is 26.1 Å². The van der Waals surface area contributed by atoms with Gasteiger partial charge in [-0.3, -0.25) is 4.79 Å². The molecule has 3 rings (SSSR count). The number of nitrogens with zero attached hydrogens (tertiary/aromatic N) is 1. The van der Waals surface area contributed by atoms with Gasteiger partial charge in [-0.15, -0.1) is 11.3 Å². The fraction of sp³-hybridized carbons (Fsp3) is 0.444. The summed E-state index contributed by atoms with van der Waals surface area (Å²) in [6.45, 7) is 2.27. The van der Waals surface area contributed by atoms with Gasteiger partial charge in [0.25, 0.3) is 0 Å². The molecule has 0 spiro atoms. The molecule has 0 radical (unpaired) electrons. The van der Waals surface area contributed by atoms with Gasteiger partial charge >= 0.3 is 0 Å². The van der Waals surface area contributed by atoms with E-state index in [1.165, 1.54) is 4.88 Å². The zero-order chi connectivity index (χ0) is 17.8. The third-order valence-electron chi connectivity index (χ3n) is 4.21. The Bertz CT molecular complexity index is 738. The summed E-state index contributed by atoms with van der Waals surface area (Å²) >= 11 is 1.76. The minimum atomic E-state index is -0.102. The van der Waals surface area contributed by atoms with Gasteiger partial charge in [0, 0.05) is 28.8 Å². The van der Waals surface area contributed by atoms with E-state index >= 15 is 0 Å². The van der Waals surface area contributed by atoms with E-state index in [4.69, 9.17) is 9.47 Å². The molecule has 1 aromatic carbocycles. The predicted octanol–water partition coefficient (Wildman–Crippen LogP) is 3.07. The van der Waals surface area contributed by atoms with Crippen LogP contribution in [0.15, 0.2) is 18.2 Å². The van der Waals surface area contributed by atoms with Crippen molar-refractivity contribution in [1.29, 1.82) is 0 Å². The van der Waals surface area contributed by atoms with E-state index in [0.717, 1.165) is 30.0 Å². The summed E-state index contributed by atoms with van der Waals surface area (Å²) in [5, 5.41) is 7.31. The Morgan fingerprint density at radius 3 is 2.68 bits per heavy atom. The molecule has 134 valence electrons. The lowest BCUT2D eigenvalue weighted by Gasteiger charge is -2.22. The number of aryl methyl sites for hydroxylation is 2. The van der Waals surface area contributed by atoms with Gasteiger partial charge in [-0.1, -0.05) is 0 Å². The maximum atomic E-state index is 12.3. The molecule has 0 unspecified atom stereocenters. The van der Waals surface area contributed by atoms with E-state index in [1.807, 2.05) is 6.92 Å². The van der Waals surface area contributed by atoms with Gasteiger partial charge in [0.05, 0.1) is 37.5 Å². The lowest BCUT2D eigenvalue weighted by atomic mass is 9.97. The van der Waals surface area contributed by atoms with Crippen molar-refractivity contribution in [3.05, 3.63) is 33.8 Å². The maximum Gasteiger partial charge on any atom is 0.238 e. The summed E-state index contributed by atoms with van der Waals surface area (Å²) < 4.78 is 10.4. The lowest BCUT2D eigenvalue weighted by molar-refractivity contribution is -0.115. The summed E-state index contributed by atoms with van der Waals surface area (Å²) in [5.74, 6) is 1.17. The first-order valence-corrected chi connectivity index (χ1v) is 9.13. The third kappa shape index (κ3) is 4.29. The SMILES string of the molecule is COc1cc(NC(=O)CN[C@H]2CCCc3sc(C)nc32)cc(OC)c1. The topological polar surface area (TPSA) is 72.5 Å². The molecule has 0 fully saturated rings. The van der Waals surface area contributed by atoms with Crippen LogP contribution in [0, 0.1) is 6.92 Å². The fourth-order valence-corrected chi connectivity index (χ4v) is 4.08. The number of carbonyl (C=O) groups is 1. The van der Waals surface area contributed by atoms with E-state index in [9.17, 15) is 4.79 Å². The Balaban J connectivity index is 1.60. The van der Waals surface area contributed by atoms with Gasteiger partial charge in [-0.25, -0.2) is 4.98 Å². The third-order valence-corrected chi connectivity index (χ3v) is 5.25. The standard InChI is InChI=1S/C18H23N3O3S/c1-11-20-18-15(5-4-6-16(18)25-11)19-10-17(22)21-12-7-13(23-2)9-14(8-12)24-3/h7-9,15,19H,4-6,10H2,1-3H3,(H,21,22)/t15-/m0/s1. The van der Waals surface area contributed by atoms with E-state index in [-0.39, 0.29) is 18.5 Å². The molecule has 0 saturated carbocycles.